The lowest BCUT2D eigenvalue weighted by Crippen LogP contribution is -1.89. The predicted molar refractivity (Wildman–Crippen MR) is 30.8 cm³/mol. The Kier molecular flexibility index (Phi) is 1.06. The Balaban J connectivity index is 3.34. The molecule has 0 unspecified atom stereocenters. The Morgan fingerprint density at radius 1 is 1.44 bits per heavy atom. The Labute approximate surface area is 52.5 Å². The van der Waals surface area contributed by atoms with E-state index in [0.717, 1.165) is 12.1 Å². The molecule has 9 heavy (non-hydrogen) atoms. The SMILES string of the molecule is [2H]c1c(F)ccc(N)c1F. The number of hydrogen-bond acceptors (Lipinski definition) is 1. The summed E-state index contributed by atoms with van der Waals surface area (Å²) in [7, 11) is 0. The quantitative estimate of drug-likeness (QED) is 0.530. The fraction of sp³-hybridized carbons (Fsp3) is 0. The maximum absolute atomic E-state index is 12.4. The van der Waals surface area contributed by atoms with E-state index in [0.29, 0.717) is 0 Å². The van der Waals surface area contributed by atoms with Crippen LogP contribution in [0.3, 0.4) is 0 Å². The number of nitrogens with two attached hydrogens (primary N) is 1. The lowest BCUT2D eigenvalue weighted by Gasteiger charge is -1.92. The molecule has 0 heterocycles. The highest BCUT2D eigenvalue weighted by Crippen LogP contribution is 2.09. The zero-order valence-corrected chi connectivity index (χ0v) is 4.49. The molecule has 3 heteroatoms. The summed E-state index contributed by atoms with van der Waals surface area (Å²) in [6.07, 6.45) is 0. The molecule has 0 fully saturated rings. The van der Waals surface area contributed by atoms with Crippen LogP contribution >= 0.6 is 0 Å². The average molecular weight is 130 g/mol. The highest BCUT2D eigenvalue weighted by molar-refractivity contribution is 5.38. The second-order valence-corrected chi connectivity index (χ2v) is 1.58. The van der Waals surface area contributed by atoms with Gasteiger partial charge in [0.15, 0.2) is 0 Å². The lowest BCUT2D eigenvalue weighted by molar-refractivity contribution is 0.586. The van der Waals surface area contributed by atoms with Crippen LogP contribution in [-0.2, 0) is 0 Å². The van der Waals surface area contributed by atoms with Crippen LogP contribution in [0, 0.1) is 11.6 Å². The molecule has 0 aliphatic heterocycles. The fourth-order valence-electron chi connectivity index (χ4n) is 0.455. The molecule has 0 aliphatic carbocycles. The second-order valence-electron chi connectivity index (χ2n) is 1.58. The van der Waals surface area contributed by atoms with E-state index in [9.17, 15) is 8.78 Å². The molecule has 1 aromatic carbocycles. The zero-order chi connectivity index (χ0) is 7.72. The maximum Gasteiger partial charge on any atom is 0.148 e. The van der Waals surface area contributed by atoms with E-state index in [1.54, 1.807) is 0 Å². The molecule has 2 N–H and O–H groups in total. The summed E-state index contributed by atoms with van der Waals surface area (Å²) in [4.78, 5) is 0. The number of anilines is 1. The largest absolute Gasteiger partial charge is 0.396 e. The molecular formula is C6H5F2N. The van der Waals surface area contributed by atoms with Crippen LogP contribution in [0.25, 0.3) is 0 Å². The van der Waals surface area contributed by atoms with Gasteiger partial charge in [0.25, 0.3) is 0 Å². The summed E-state index contributed by atoms with van der Waals surface area (Å²) < 4.78 is 31.5. The summed E-state index contributed by atoms with van der Waals surface area (Å²) in [5.74, 6) is -1.90. The molecule has 1 aromatic rings. The van der Waals surface area contributed by atoms with Gasteiger partial charge < -0.3 is 5.73 Å². The first-order valence-electron chi connectivity index (χ1n) is 2.83. The summed E-state index contributed by atoms with van der Waals surface area (Å²) in [5.41, 5.74) is 4.83. The number of nitrogen functional groups attached to an aromatic ring is 1. The maximum atomic E-state index is 12.4. The highest BCUT2D eigenvalue weighted by Gasteiger charge is 1.96. The first-order valence-corrected chi connectivity index (χ1v) is 2.33. The second kappa shape index (κ2) is 2.01. The minimum atomic E-state index is -1.000. The summed E-state index contributed by atoms with van der Waals surface area (Å²) >= 11 is 0. The Bertz CT molecular complexity index is 235. The van der Waals surface area contributed by atoms with E-state index in [1.807, 2.05) is 0 Å². The van der Waals surface area contributed by atoms with Crippen molar-refractivity contribution in [1.29, 1.82) is 0 Å². The third-order valence-electron chi connectivity index (χ3n) is 0.892. The van der Waals surface area contributed by atoms with Crippen molar-refractivity contribution in [1.82, 2.24) is 0 Å². The normalized spacial score (nSPS) is 11.1. The molecule has 0 radical (unpaired) electrons. The molecule has 0 spiro atoms. The Morgan fingerprint density at radius 3 is 2.67 bits per heavy atom. The van der Waals surface area contributed by atoms with Gasteiger partial charge in [-0.15, -0.1) is 0 Å². The molecule has 0 saturated carbocycles. The molecule has 48 valence electrons. The van der Waals surface area contributed by atoms with Gasteiger partial charge in [-0.3, -0.25) is 0 Å². The minimum absolute atomic E-state index is 0.202. The summed E-state index contributed by atoms with van der Waals surface area (Å²) in [5, 5.41) is 0. The fourth-order valence-corrected chi connectivity index (χ4v) is 0.455. The topological polar surface area (TPSA) is 26.0 Å². The van der Waals surface area contributed by atoms with Crippen LogP contribution in [0.5, 0.6) is 0 Å². The average Bonchev–Trinajstić information content (AvgIpc) is 1.93. The number of benzene rings is 1. The van der Waals surface area contributed by atoms with Gasteiger partial charge in [-0.2, -0.15) is 0 Å². The van der Waals surface area contributed by atoms with Crippen LogP contribution in [0.15, 0.2) is 18.2 Å². The molecule has 1 rings (SSSR count). The van der Waals surface area contributed by atoms with Crippen molar-refractivity contribution in [2.75, 3.05) is 5.73 Å². The van der Waals surface area contributed by atoms with E-state index in [4.69, 9.17) is 7.10 Å². The number of hydrogen-bond donors (Lipinski definition) is 1. The standard InChI is InChI=1S/C6H5F2N/c7-4-1-2-6(9)5(8)3-4/h1-3H,9H2/i3D. The summed E-state index contributed by atoms with van der Waals surface area (Å²) in [6.45, 7) is 0. The third kappa shape index (κ3) is 1.16. The van der Waals surface area contributed by atoms with E-state index in [-0.39, 0.29) is 5.69 Å². The smallest absolute Gasteiger partial charge is 0.148 e. The van der Waals surface area contributed by atoms with Gasteiger partial charge in [-0.25, -0.2) is 8.78 Å². The Morgan fingerprint density at radius 2 is 2.11 bits per heavy atom. The molecule has 0 atom stereocenters. The molecule has 0 bridgehead atoms. The lowest BCUT2D eigenvalue weighted by atomic mass is 10.3. The summed E-state index contributed by atoms with van der Waals surface area (Å²) in [6, 6.07) is 1.27. The van der Waals surface area contributed by atoms with Gasteiger partial charge in [-0.1, -0.05) is 0 Å². The highest BCUT2D eigenvalue weighted by atomic mass is 19.1. The van der Waals surface area contributed by atoms with Crippen molar-refractivity contribution in [2.45, 2.75) is 0 Å². The van der Waals surface area contributed by atoms with Crippen LogP contribution < -0.4 is 5.73 Å². The predicted octanol–water partition coefficient (Wildman–Crippen LogP) is 1.55. The van der Waals surface area contributed by atoms with Gasteiger partial charge in [0, 0.05) is 6.04 Å². The monoisotopic (exact) mass is 130 g/mol. The van der Waals surface area contributed by atoms with Crippen molar-refractivity contribution in [2.24, 2.45) is 0 Å². The first-order chi connectivity index (χ1) is 4.63. The van der Waals surface area contributed by atoms with E-state index in [1.165, 1.54) is 0 Å². The molecule has 0 aromatic heterocycles. The third-order valence-corrected chi connectivity index (χ3v) is 0.892. The van der Waals surface area contributed by atoms with Gasteiger partial charge in [0.1, 0.15) is 11.6 Å². The molecule has 0 aliphatic rings. The minimum Gasteiger partial charge on any atom is -0.396 e. The van der Waals surface area contributed by atoms with Crippen LogP contribution in [0.2, 0.25) is 0 Å². The van der Waals surface area contributed by atoms with E-state index >= 15 is 0 Å². The van der Waals surface area contributed by atoms with Crippen molar-refractivity contribution in [3.05, 3.63) is 29.8 Å². The van der Waals surface area contributed by atoms with Crippen molar-refractivity contribution < 1.29 is 10.2 Å². The van der Waals surface area contributed by atoms with Gasteiger partial charge in [-0.05, 0) is 12.1 Å². The molecule has 1 nitrogen and oxygen atoms in total. The van der Waals surface area contributed by atoms with Crippen molar-refractivity contribution in [3.8, 4) is 0 Å². The number of halogens is 2. The van der Waals surface area contributed by atoms with E-state index < -0.39 is 17.7 Å². The molecule has 0 amide bonds. The van der Waals surface area contributed by atoms with Crippen LogP contribution in [0.4, 0.5) is 14.5 Å². The van der Waals surface area contributed by atoms with Gasteiger partial charge >= 0.3 is 0 Å². The number of rotatable bonds is 0. The van der Waals surface area contributed by atoms with Crippen molar-refractivity contribution in [3.63, 3.8) is 0 Å². The van der Waals surface area contributed by atoms with Gasteiger partial charge in [0.2, 0.25) is 0 Å². The Hall–Kier alpha value is -1.12. The molecule has 0 saturated heterocycles. The van der Waals surface area contributed by atoms with E-state index in [2.05, 4.69) is 0 Å². The van der Waals surface area contributed by atoms with Gasteiger partial charge in [0.05, 0.1) is 7.06 Å². The van der Waals surface area contributed by atoms with Crippen LogP contribution in [-0.4, -0.2) is 0 Å². The first kappa shape index (κ1) is 4.73. The van der Waals surface area contributed by atoms with Crippen LogP contribution in [0.1, 0.15) is 1.37 Å². The molecular weight excluding hydrogens is 124 g/mol. The zero-order valence-electron chi connectivity index (χ0n) is 5.49. The van der Waals surface area contributed by atoms with Crippen molar-refractivity contribution >= 4 is 5.69 Å².